The molecular formula is C11H24N2O2. The average molecular weight is 216 g/mol. The third-order valence-electron chi connectivity index (χ3n) is 2.23. The summed E-state index contributed by atoms with van der Waals surface area (Å²) in [6.45, 7) is 4.43. The van der Waals surface area contributed by atoms with Crippen LogP contribution >= 0.6 is 0 Å². The molecular weight excluding hydrogens is 192 g/mol. The van der Waals surface area contributed by atoms with Gasteiger partial charge in [-0.25, -0.2) is 0 Å². The van der Waals surface area contributed by atoms with E-state index in [0.29, 0.717) is 13.0 Å². The van der Waals surface area contributed by atoms with Crippen LogP contribution < -0.4 is 11.1 Å². The van der Waals surface area contributed by atoms with Gasteiger partial charge in [-0.3, -0.25) is 4.79 Å². The Bertz CT molecular complexity index is 172. The van der Waals surface area contributed by atoms with Gasteiger partial charge in [-0.1, -0.05) is 13.3 Å². The molecule has 0 rings (SSSR count). The number of amides is 1. The van der Waals surface area contributed by atoms with Crippen LogP contribution in [0.1, 0.15) is 46.0 Å². The zero-order valence-electron chi connectivity index (χ0n) is 9.83. The zero-order valence-corrected chi connectivity index (χ0v) is 9.83. The van der Waals surface area contributed by atoms with E-state index < -0.39 is 0 Å². The quantitative estimate of drug-likeness (QED) is 0.525. The summed E-state index contributed by atoms with van der Waals surface area (Å²) in [7, 11) is 0. The Morgan fingerprint density at radius 2 is 2.13 bits per heavy atom. The minimum absolute atomic E-state index is 0.0153. The van der Waals surface area contributed by atoms with Crippen LogP contribution in [0, 0.1) is 0 Å². The van der Waals surface area contributed by atoms with Gasteiger partial charge in [-0.15, -0.1) is 0 Å². The maximum absolute atomic E-state index is 11.3. The Balaban J connectivity index is 3.40. The lowest BCUT2D eigenvalue weighted by molar-refractivity contribution is -0.121. The molecule has 90 valence electrons. The van der Waals surface area contributed by atoms with Crippen molar-refractivity contribution in [2.24, 2.45) is 5.73 Å². The van der Waals surface area contributed by atoms with Gasteiger partial charge in [0.2, 0.25) is 5.91 Å². The van der Waals surface area contributed by atoms with Crippen LogP contribution in [0.3, 0.4) is 0 Å². The second-order valence-electron chi connectivity index (χ2n) is 4.09. The molecule has 0 fully saturated rings. The van der Waals surface area contributed by atoms with Gasteiger partial charge < -0.3 is 16.2 Å². The standard InChI is InChI=1S/C11H24N2O2/c1-3-5-10(12)8-11(15)13-7-4-6-9(2)14/h9-10,14H,3-8,12H2,1-2H3,(H,13,15). The summed E-state index contributed by atoms with van der Waals surface area (Å²) < 4.78 is 0. The summed E-state index contributed by atoms with van der Waals surface area (Å²) in [6, 6.07) is -0.0215. The van der Waals surface area contributed by atoms with Crippen LogP contribution in [0.2, 0.25) is 0 Å². The minimum atomic E-state index is -0.288. The molecule has 0 saturated carbocycles. The monoisotopic (exact) mass is 216 g/mol. The van der Waals surface area contributed by atoms with Crippen LogP contribution in [-0.2, 0) is 4.79 Å². The molecule has 4 heteroatoms. The van der Waals surface area contributed by atoms with Crippen LogP contribution in [0.25, 0.3) is 0 Å². The molecule has 0 aliphatic heterocycles. The maximum Gasteiger partial charge on any atom is 0.221 e. The van der Waals surface area contributed by atoms with E-state index in [4.69, 9.17) is 10.8 Å². The molecule has 0 spiro atoms. The number of nitrogens with two attached hydrogens (primary N) is 1. The van der Waals surface area contributed by atoms with Crippen LogP contribution in [0.15, 0.2) is 0 Å². The number of carbonyl (C=O) groups is 1. The van der Waals surface area contributed by atoms with Crippen molar-refractivity contribution < 1.29 is 9.90 Å². The lowest BCUT2D eigenvalue weighted by Gasteiger charge is -2.10. The van der Waals surface area contributed by atoms with Gasteiger partial charge in [0.1, 0.15) is 0 Å². The lowest BCUT2D eigenvalue weighted by atomic mass is 10.1. The smallest absolute Gasteiger partial charge is 0.221 e. The van der Waals surface area contributed by atoms with E-state index >= 15 is 0 Å². The fourth-order valence-electron chi connectivity index (χ4n) is 1.41. The predicted octanol–water partition coefficient (Wildman–Crippen LogP) is 0.781. The number of carbonyl (C=O) groups excluding carboxylic acids is 1. The summed E-state index contributed by atoms with van der Waals surface area (Å²) in [5, 5.41) is 11.8. The molecule has 0 heterocycles. The zero-order chi connectivity index (χ0) is 11.7. The van der Waals surface area contributed by atoms with Gasteiger partial charge in [0.15, 0.2) is 0 Å². The first-order valence-electron chi connectivity index (χ1n) is 5.76. The number of aliphatic hydroxyl groups is 1. The highest BCUT2D eigenvalue weighted by molar-refractivity contribution is 5.76. The predicted molar refractivity (Wildman–Crippen MR) is 61.4 cm³/mol. The Morgan fingerprint density at radius 3 is 2.67 bits per heavy atom. The van der Waals surface area contributed by atoms with Crippen LogP contribution in [-0.4, -0.2) is 29.7 Å². The lowest BCUT2D eigenvalue weighted by Crippen LogP contribution is -2.32. The molecule has 0 aliphatic rings. The van der Waals surface area contributed by atoms with E-state index in [1.54, 1.807) is 6.92 Å². The summed E-state index contributed by atoms with van der Waals surface area (Å²) in [4.78, 5) is 11.3. The molecule has 0 bridgehead atoms. The molecule has 0 aromatic rings. The van der Waals surface area contributed by atoms with Gasteiger partial charge in [0.25, 0.3) is 0 Å². The van der Waals surface area contributed by atoms with Crippen molar-refractivity contribution in [3.63, 3.8) is 0 Å². The van der Waals surface area contributed by atoms with E-state index in [9.17, 15) is 4.79 Å². The maximum atomic E-state index is 11.3. The van der Waals surface area contributed by atoms with Crippen molar-refractivity contribution in [3.8, 4) is 0 Å². The molecule has 0 saturated heterocycles. The highest BCUT2D eigenvalue weighted by Gasteiger charge is 2.07. The number of hydrogen-bond acceptors (Lipinski definition) is 3. The topological polar surface area (TPSA) is 75.4 Å². The summed E-state index contributed by atoms with van der Waals surface area (Å²) in [6.07, 6.45) is 3.55. The van der Waals surface area contributed by atoms with Gasteiger partial charge in [-0.05, 0) is 26.2 Å². The van der Waals surface area contributed by atoms with E-state index in [-0.39, 0.29) is 18.1 Å². The van der Waals surface area contributed by atoms with Crippen molar-refractivity contribution in [1.82, 2.24) is 5.32 Å². The summed E-state index contributed by atoms with van der Waals surface area (Å²) in [5.74, 6) is 0.0153. The highest BCUT2D eigenvalue weighted by Crippen LogP contribution is 1.98. The fourth-order valence-corrected chi connectivity index (χ4v) is 1.41. The molecule has 2 unspecified atom stereocenters. The van der Waals surface area contributed by atoms with E-state index in [2.05, 4.69) is 12.2 Å². The summed E-state index contributed by atoms with van der Waals surface area (Å²) in [5.41, 5.74) is 5.74. The SMILES string of the molecule is CCCC(N)CC(=O)NCCCC(C)O. The Labute approximate surface area is 92.2 Å². The Kier molecular flexibility index (Phi) is 8.33. The molecule has 4 nitrogen and oxygen atoms in total. The normalized spacial score (nSPS) is 14.7. The van der Waals surface area contributed by atoms with Gasteiger partial charge in [0.05, 0.1) is 6.10 Å². The molecule has 0 radical (unpaired) electrons. The van der Waals surface area contributed by atoms with Crippen molar-refractivity contribution in [3.05, 3.63) is 0 Å². The number of nitrogens with one attached hydrogen (secondary N) is 1. The van der Waals surface area contributed by atoms with Crippen molar-refractivity contribution in [2.45, 2.75) is 58.1 Å². The first-order chi connectivity index (χ1) is 7.06. The minimum Gasteiger partial charge on any atom is -0.393 e. The first-order valence-corrected chi connectivity index (χ1v) is 5.76. The first kappa shape index (κ1) is 14.4. The molecule has 0 aromatic carbocycles. The van der Waals surface area contributed by atoms with Crippen LogP contribution in [0.5, 0.6) is 0 Å². The number of hydrogen-bond donors (Lipinski definition) is 3. The summed E-state index contributed by atoms with van der Waals surface area (Å²) >= 11 is 0. The third kappa shape index (κ3) is 9.69. The second kappa shape index (κ2) is 8.68. The van der Waals surface area contributed by atoms with Crippen molar-refractivity contribution in [2.75, 3.05) is 6.54 Å². The molecule has 0 aromatic heterocycles. The Morgan fingerprint density at radius 1 is 1.47 bits per heavy atom. The molecule has 0 aliphatic carbocycles. The third-order valence-corrected chi connectivity index (χ3v) is 2.23. The fraction of sp³-hybridized carbons (Fsp3) is 0.909. The van der Waals surface area contributed by atoms with E-state index in [1.807, 2.05) is 0 Å². The van der Waals surface area contributed by atoms with E-state index in [0.717, 1.165) is 25.7 Å². The Hall–Kier alpha value is -0.610. The van der Waals surface area contributed by atoms with Gasteiger partial charge >= 0.3 is 0 Å². The largest absolute Gasteiger partial charge is 0.393 e. The van der Waals surface area contributed by atoms with Crippen LogP contribution in [0.4, 0.5) is 0 Å². The van der Waals surface area contributed by atoms with Gasteiger partial charge in [-0.2, -0.15) is 0 Å². The number of rotatable bonds is 8. The molecule has 2 atom stereocenters. The molecule has 4 N–H and O–H groups in total. The average Bonchev–Trinajstić information content (AvgIpc) is 2.12. The van der Waals surface area contributed by atoms with Crippen molar-refractivity contribution in [1.29, 1.82) is 0 Å². The molecule has 15 heavy (non-hydrogen) atoms. The van der Waals surface area contributed by atoms with E-state index in [1.165, 1.54) is 0 Å². The van der Waals surface area contributed by atoms with Gasteiger partial charge in [0, 0.05) is 19.0 Å². The second-order valence-corrected chi connectivity index (χ2v) is 4.09. The number of aliphatic hydroxyl groups excluding tert-OH is 1. The van der Waals surface area contributed by atoms with Crippen molar-refractivity contribution >= 4 is 5.91 Å². The molecule has 1 amide bonds. The highest BCUT2D eigenvalue weighted by atomic mass is 16.3.